The van der Waals surface area contributed by atoms with Crippen LogP contribution in [-0.2, 0) is 10.0 Å². The van der Waals surface area contributed by atoms with Crippen molar-refractivity contribution in [2.45, 2.75) is 43.6 Å². The zero-order chi connectivity index (χ0) is 15.8. The van der Waals surface area contributed by atoms with E-state index in [1.54, 1.807) is 19.9 Å². The Balaban J connectivity index is 2.39. The van der Waals surface area contributed by atoms with Crippen LogP contribution in [0.25, 0.3) is 0 Å². The molecule has 0 bridgehead atoms. The highest BCUT2D eigenvalue weighted by Crippen LogP contribution is 2.30. The minimum atomic E-state index is -3.65. The molecule has 0 aliphatic carbocycles. The quantitative estimate of drug-likeness (QED) is 0.813. The van der Waals surface area contributed by atoms with Crippen molar-refractivity contribution in [1.29, 1.82) is 0 Å². The van der Waals surface area contributed by atoms with E-state index in [0.717, 1.165) is 0 Å². The van der Waals surface area contributed by atoms with Crippen LogP contribution in [0.5, 0.6) is 0 Å². The molecule has 3 N–H and O–H groups in total. The van der Waals surface area contributed by atoms with Gasteiger partial charge in [0.05, 0.1) is 10.5 Å². The zero-order valence-electron chi connectivity index (χ0n) is 12.3. The Bertz CT molecular complexity index is 644. The van der Waals surface area contributed by atoms with Crippen molar-refractivity contribution in [2.75, 3.05) is 18.8 Å². The van der Waals surface area contributed by atoms with Gasteiger partial charge in [0.1, 0.15) is 0 Å². The molecule has 2 rings (SSSR count). The average Bonchev–Trinajstić information content (AvgIpc) is 2.55. The summed E-state index contributed by atoms with van der Waals surface area (Å²) < 4.78 is 27.0. The highest BCUT2D eigenvalue weighted by atomic mass is 35.5. The van der Waals surface area contributed by atoms with E-state index in [0.29, 0.717) is 48.6 Å². The molecule has 0 radical (unpaired) electrons. The highest BCUT2D eigenvalue weighted by Gasteiger charge is 2.32. The zero-order valence-corrected chi connectivity index (χ0v) is 13.8. The first-order valence-electron chi connectivity index (χ1n) is 6.92. The third-order valence-electron chi connectivity index (χ3n) is 4.01. The van der Waals surface area contributed by atoms with Crippen LogP contribution in [-0.4, -0.2) is 36.5 Å². The van der Waals surface area contributed by atoms with Crippen molar-refractivity contribution in [3.05, 3.63) is 22.7 Å². The normalized spacial score (nSPS) is 24.8. The van der Waals surface area contributed by atoms with E-state index in [1.165, 1.54) is 10.4 Å². The minimum Gasteiger partial charge on any atom is -0.398 e. The molecular formula is C14H21ClN2O3S. The van der Waals surface area contributed by atoms with Crippen LogP contribution in [0.3, 0.4) is 0 Å². The third-order valence-corrected chi connectivity index (χ3v) is 6.25. The molecule has 1 aromatic rings. The predicted octanol–water partition coefficient (Wildman–Crippen LogP) is 2.16. The van der Waals surface area contributed by atoms with Gasteiger partial charge in [-0.05, 0) is 50.8 Å². The van der Waals surface area contributed by atoms with E-state index in [9.17, 15) is 13.5 Å². The van der Waals surface area contributed by atoms with E-state index in [2.05, 4.69) is 0 Å². The molecule has 1 heterocycles. The first-order chi connectivity index (χ1) is 9.63. The molecule has 1 fully saturated rings. The molecule has 1 aliphatic rings. The molecule has 1 aliphatic heterocycles. The number of nitrogen functional groups attached to an aromatic ring is 1. The number of hydrogen-bond donors (Lipinski definition) is 2. The SMILES string of the molecule is Cc1c(N)cc(Cl)cc1S(=O)(=O)N1CCCC(C)(O)CC1. The van der Waals surface area contributed by atoms with E-state index in [4.69, 9.17) is 17.3 Å². The van der Waals surface area contributed by atoms with E-state index >= 15 is 0 Å². The van der Waals surface area contributed by atoms with Gasteiger partial charge in [0.2, 0.25) is 10.0 Å². The van der Waals surface area contributed by atoms with Gasteiger partial charge in [-0.1, -0.05) is 11.6 Å². The lowest BCUT2D eigenvalue weighted by atomic mass is 9.98. The third kappa shape index (κ3) is 3.51. The smallest absolute Gasteiger partial charge is 0.243 e. The van der Waals surface area contributed by atoms with Gasteiger partial charge >= 0.3 is 0 Å². The van der Waals surface area contributed by atoms with Crippen LogP contribution in [0.4, 0.5) is 5.69 Å². The monoisotopic (exact) mass is 332 g/mol. The molecule has 0 aromatic heterocycles. The van der Waals surface area contributed by atoms with Crippen LogP contribution >= 0.6 is 11.6 Å². The van der Waals surface area contributed by atoms with Crippen molar-refractivity contribution in [1.82, 2.24) is 4.31 Å². The molecule has 118 valence electrons. The molecule has 7 heteroatoms. The summed E-state index contributed by atoms with van der Waals surface area (Å²) >= 11 is 5.94. The standard InChI is InChI=1S/C14H21ClN2O3S/c1-10-12(16)8-11(15)9-13(10)21(19,20)17-6-3-4-14(2,18)5-7-17/h8-9,18H,3-7,16H2,1-2H3. The van der Waals surface area contributed by atoms with Crippen LogP contribution in [0.1, 0.15) is 31.7 Å². The second kappa shape index (κ2) is 5.76. The van der Waals surface area contributed by atoms with Crippen molar-refractivity contribution >= 4 is 27.3 Å². The van der Waals surface area contributed by atoms with Crippen LogP contribution in [0, 0.1) is 6.92 Å². The van der Waals surface area contributed by atoms with Crippen molar-refractivity contribution in [2.24, 2.45) is 0 Å². The number of nitrogens with zero attached hydrogens (tertiary/aromatic N) is 1. The summed E-state index contributed by atoms with van der Waals surface area (Å²) in [6.07, 6.45) is 1.64. The number of anilines is 1. The molecule has 0 saturated carbocycles. The van der Waals surface area contributed by atoms with Gasteiger partial charge in [-0.3, -0.25) is 0 Å². The maximum atomic E-state index is 12.8. The fourth-order valence-electron chi connectivity index (χ4n) is 2.56. The fourth-order valence-corrected chi connectivity index (χ4v) is 4.61. The lowest BCUT2D eigenvalue weighted by Crippen LogP contribution is -2.34. The topological polar surface area (TPSA) is 83.6 Å². The Labute approximate surface area is 130 Å². The Morgan fingerprint density at radius 2 is 2.00 bits per heavy atom. The lowest BCUT2D eigenvalue weighted by Gasteiger charge is -2.23. The number of rotatable bonds is 2. The summed E-state index contributed by atoms with van der Waals surface area (Å²) in [4.78, 5) is 0.147. The van der Waals surface area contributed by atoms with Crippen LogP contribution < -0.4 is 5.73 Å². The molecule has 1 saturated heterocycles. The Hall–Kier alpha value is -0.820. The van der Waals surface area contributed by atoms with Crippen LogP contribution in [0.15, 0.2) is 17.0 Å². The van der Waals surface area contributed by atoms with Gasteiger partial charge < -0.3 is 10.8 Å². The Morgan fingerprint density at radius 3 is 2.67 bits per heavy atom. The molecule has 0 amide bonds. The Morgan fingerprint density at radius 1 is 1.33 bits per heavy atom. The van der Waals surface area contributed by atoms with E-state index in [-0.39, 0.29) is 4.90 Å². The molecule has 0 spiro atoms. The first-order valence-corrected chi connectivity index (χ1v) is 8.73. The van der Waals surface area contributed by atoms with Crippen molar-refractivity contribution < 1.29 is 13.5 Å². The Kier molecular flexibility index (Phi) is 4.54. The summed E-state index contributed by atoms with van der Waals surface area (Å²) in [5.74, 6) is 0. The van der Waals surface area contributed by atoms with Gasteiger partial charge in [0, 0.05) is 23.8 Å². The van der Waals surface area contributed by atoms with E-state index < -0.39 is 15.6 Å². The molecule has 5 nitrogen and oxygen atoms in total. The van der Waals surface area contributed by atoms with Gasteiger partial charge in [0.25, 0.3) is 0 Å². The first kappa shape index (κ1) is 16.5. The highest BCUT2D eigenvalue weighted by molar-refractivity contribution is 7.89. The van der Waals surface area contributed by atoms with Gasteiger partial charge in [0.15, 0.2) is 0 Å². The number of sulfonamides is 1. The minimum absolute atomic E-state index is 0.147. The molecule has 1 atom stereocenters. The fraction of sp³-hybridized carbons (Fsp3) is 0.571. The van der Waals surface area contributed by atoms with Gasteiger partial charge in [-0.2, -0.15) is 4.31 Å². The lowest BCUT2D eigenvalue weighted by molar-refractivity contribution is 0.0465. The second-order valence-electron chi connectivity index (χ2n) is 5.87. The largest absolute Gasteiger partial charge is 0.398 e. The molecule has 21 heavy (non-hydrogen) atoms. The van der Waals surface area contributed by atoms with Crippen molar-refractivity contribution in [3.63, 3.8) is 0 Å². The molecular weight excluding hydrogens is 312 g/mol. The van der Waals surface area contributed by atoms with Crippen molar-refractivity contribution in [3.8, 4) is 0 Å². The number of benzene rings is 1. The van der Waals surface area contributed by atoms with Gasteiger partial charge in [-0.15, -0.1) is 0 Å². The molecule has 1 aromatic carbocycles. The summed E-state index contributed by atoms with van der Waals surface area (Å²) in [7, 11) is -3.65. The summed E-state index contributed by atoms with van der Waals surface area (Å²) in [5.41, 5.74) is 5.87. The number of hydrogen-bond acceptors (Lipinski definition) is 4. The van der Waals surface area contributed by atoms with E-state index in [1.807, 2.05) is 0 Å². The molecule has 1 unspecified atom stereocenters. The number of nitrogens with two attached hydrogens (primary N) is 1. The summed E-state index contributed by atoms with van der Waals surface area (Å²) in [6.45, 7) is 4.10. The summed E-state index contributed by atoms with van der Waals surface area (Å²) in [6, 6.07) is 2.98. The van der Waals surface area contributed by atoms with Crippen LogP contribution in [0.2, 0.25) is 5.02 Å². The maximum Gasteiger partial charge on any atom is 0.243 e. The summed E-state index contributed by atoms with van der Waals surface area (Å²) in [5, 5.41) is 10.4. The number of aliphatic hydroxyl groups is 1. The predicted molar refractivity (Wildman–Crippen MR) is 83.8 cm³/mol. The second-order valence-corrected chi connectivity index (χ2v) is 8.22. The maximum absolute atomic E-state index is 12.8. The van der Waals surface area contributed by atoms with Gasteiger partial charge in [-0.25, -0.2) is 8.42 Å². The number of halogens is 1. The average molecular weight is 333 g/mol.